The molecule has 0 amide bonds. The van der Waals surface area contributed by atoms with Crippen molar-refractivity contribution in [2.75, 3.05) is 13.7 Å². The summed E-state index contributed by atoms with van der Waals surface area (Å²) in [4.78, 5) is 0. The molecule has 2 atom stereocenters. The van der Waals surface area contributed by atoms with Gasteiger partial charge in [0.25, 0.3) is 0 Å². The number of likely N-dealkylation sites (N-methyl/N-ethyl adjacent to an activating group) is 1. The van der Waals surface area contributed by atoms with Gasteiger partial charge in [0.15, 0.2) is 0 Å². The summed E-state index contributed by atoms with van der Waals surface area (Å²) in [6.07, 6.45) is 0.756. The van der Waals surface area contributed by atoms with E-state index in [0.717, 1.165) is 12.1 Å². The summed E-state index contributed by atoms with van der Waals surface area (Å²) in [5.74, 6) is -0.308. The lowest BCUT2D eigenvalue weighted by Gasteiger charge is -2.36. The molecule has 20 heavy (non-hydrogen) atoms. The minimum atomic E-state index is -0.308. The number of hydrogen-bond donors (Lipinski definition) is 1. The Kier molecular flexibility index (Phi) is 6.44. The van der Waals surface area contributed by atoms with Crippen molar-refractivity contribution in [3.63, 3.8) is 0 Å². The maximum atomic E-state index is 13.1. The molecule has 0 radical (unpaired) electrons. The largest absolute Gasteiger partial charge is 0.379 e. The van der Waals surface area contributed by atoms with Crippen LogP contribution in [0.15, 0.2) is 18.2 Å². The molecule has 0 aliphatic carbocycles. The van der Waals surface area contributed by atoms with E-state index in [0.29, 0.717) is 11.4 Å². The van der Waals surface area contributed by atoms with E-state index in [1.54, 1.807) is 13.2 Å². The Bertz CT molecular complexity index is 431. The number of ether oxygens (including phenoxy) is 1. The molecule has 0 spiro atoms. The highest BCUT2D eigenvalue weighted by Crippen LogP contribution is 2.28. The molecule has 0 fully saturated rings. The van der Waals surface area contributed by atoms with Gasteiger partial charge in [-0.1, -0.05) is 45.4 Å². The van der Waals surface area contributed by atoms with Crippen molar-refractivity contribution in [2.24, 2.45) is 5.41 Å². The topological polar surface area (TPSA) is 21.3 Å². The smallest absolute Gasteiger partial charge is 0.124 e. The van der Waals surface area contributed by atoms with E-state index in [-0.39, 0.29) is 23.4 Å². The highest BCUT2D eigenvalue weighted by molar-refractivity contribution is 6.31. The fourth-order valence-electron chi connectivity index (χ4n) is 2.59. The molecular formula is C16H25ClFNO. The Morgan fingerprint density at radius 3 is 2.45 bits per heavy atom. The summed E-state index contributed by atoms with van der Waals surface area (Å²) in [6, 6.07) is 4.69. The summed E-state index contributed by atoms with van der Waals surface area (Å²) in [5, 5.41) is 3.92. The highest BCUT2D eigenvalue weighted by atomic mass is 35.5. The first-order valence-corrected chi connectivity index (χ1v) is 7.37. The van der Waals surface area contributed by atoms with E-state index in [4.69, 9.17) is 16.3 Å². The van der Waals surface area contributed by atoms with Crippen LogP contribution in [0.4, 0.5) is 4.39 Å². The zero-order valence-electron chi connectivity index (χ0n) is 13.0. The minimum absolute atomic E-state index is 0.00803. The Morgan fingerprint density at radius 1 is 1.35 bits per heavy atom. The summed E-state index contributed by atoms with van der Waals surface area (Å²) in [5.41, 5.74) is 0.944. The van der Waals surface area contributed by atoms with Gasteiger partial charge in [-0.2, -0.15) is 0 Å². The molecule has 1 N–H and O–H groups in total. The van der Waals surface area contributed by atoms with Crippen molar-refractivity contribution < 1.29 is 9.13 Å². The molecule has 0 saturated carbocycles. The average molecular weight is 302 g/mol. The quantitative estimate of drug-likeness (QED) is 0.855. The normalized spacial score (nSPS) is 15.2. The fourth-order valence-corrected chi connectivity index (χ4v) is 2.84. The molecule has 1 rings (SSSR count). The zero-order valence-corrected chi connectivity index (χ0v) is 13.7. The second-order valence-corrected chi connectivity index (χ2v) is 6.53. The Balaban J connectivity index is 2.96. The predicted octanol–water partition coefficient (Wildman–Crippen LogP) is 4.06. The van der Waals surface area contributed by atoms with Crippen LogP contribution in [0.1, 0.15) is 33.3 Å². The van der Waals surface area contributed by atoms with Crippen LogP contribution in [0.2, 0.25) is 5.02 Å². The molecule has 0 saturated heterocycles. The molecule has 0 aromatic heterocycles. The van der Waals surface area contributed by atoms with Gasteiger partial charge in [-0.05, 0) is 36.1 Å². The van der Waals surface area contributed by atoms with Gasteiger partial charge in [-0.25, -0.2) is 4.39 Å². The fraction of sp³-hybridized carbons (Fsp3) is 0.625. The third-order valence-corrected chi connectivity index (χ3v) is 3.75. The number of rotatable bonds is 6. The molecule has 1 aromatic carbocycles. The first-order valence-electron chi connectivity index (χ1n) is 6.99. The Labute approximate surface area is 126 Å². The van der Waals surface area contributed by atoms with E-state index in [9.17, 15) is 4.39 Å². The van der Waals surface area contributed by atoms with E-state index in [2.05, 4.69) is 33.0 Å². The van der Waals surface area contributed by atoms with Crippen molar-refractivity contribution in [2.45, 2.75) is 46.3 Å². The molecule has 1 aromatic rings. The van der Waals surface area contributed by atoms with Gasteiger partial charge in [-0.15, -0.1) is 0 Å². The maximum absolute atomic E-state index is 13.1. The van der Waals surface area contributed by atoms with Crippen LogP contribution in [0.5, 0.6) is 0 Å². The van der Waals surface area contributed by atoms with Crippen molar-refractivity contribution in [1.29, 1.82) is 0 Å². The van der Waals surface area contributed by atoms with Gasteiger partial charge >= 0.3 is 0 Å². The highest BCUT2D eigenvalue weighted by Gasteiger charge is 2.32. The summed E-state index contributed by atoms with van der Waals surface area (Å²) in [7, 11) is 1.73. The third kappa shape index (κ3) is 4.72. The molecular weight excluding hydrogens is 277 g/mol. The number of nitrogens with one attached hydrogen (secondary N) is 1. The van der Waals surface area contributed by atoms with Gasteiger partial charge in [0, 0.05) is 18.2 Å². The zero-order chi connectivity index (χ0) is 15.3. The van der Waals surface area contributed by atoms with Crippen LogP contribution in [0.25, 0.3) is 0 Å². The van der Waals surface area contributed by atoms with Crippen LogP contribution in [0.3, 0.4) is 0 Å². The third-order valence-electron chi connectivity index (χ3n) is 3.39. The predicted molar refractivity (Wildman–Crippen MR) is 82.8 cm³/mol. The van der Waals surface area contributed by atoms with Crippen molar-refractivity contribution >= 4 is 11.6 Å². The first kappa shape index (κ1) is 17.4. The average Bonchev–Trinajstić information content (AvgIpc) is 2.32. The van der Waals surface area contributed by atoms with Crippen LogP contribution >= 0.6 is 11.6 Å². The lowest BCUT2D eigenvalue weighted by molar-refractivity contribution is -0.0106. The molecule has 114 valence electrons. The van der Waals surface area contributed by atoms with Crippen molar-refractivity contribution in [1.82, 2.24) is 5.32 Å². The van der Waals surface area contributed by atoms with Crippen LogP contribution in [0, 0.1) is 11.2 Å². The van der Waals surface area contributed by atoms with E-state index in [1.165, 1.54) is 12.1 Å². The van der Waals surface area contributed by atoms with Gasteiger partial charge in [0.05, 0.1) is 6.10 Å². The molecule has 0 aliphatic rings. The summed E-state index contributed by atoms with van der Waals surface area (Å²) >= 11 is 6.13. The minimum Gasteiger partial charge on any atom is -0.379 e. The SMILES string of the molecule is CCNC(Cc1ccc(F)cc1Cl)C(OC)C(C)(C)C. The molecule has 0 heterocycles. The molecule has 4 heteroatoms. The monoisotopic (exact) mass is 301 g/mol. The second-order valence-electron chi connectivity index (χ2n) is 6.13. The molecule has 2 nitrogen and oxygen atoms in total. The molecule has 2 unspecified atom stereocenters. The van der Waals surface area contributed by atoms with Crippen LogP contribution < -0.4 is 5.32 Å². The number of halogens is 2. The Morgan fingerprint density at radius 2 is 2.00 bits per heavy atom. The first-order chi connectivity index (χ1) is 9.29. The van der Waals surface area contributed by atoms with Gasteiger partial charge in [-0.3, -0.25) is 0 Å². The number of methoxy groups -OCH3 is 1. The van der Waals surface area contributed by atoms with E-state index < -0.39 is 0 Å². The van der Waals surface area contributed by atoms with E-state index in [1.807, 2.05) is 0 Å². The van der Waals surface area contributed by atoms with Crippen molar-refractivity contribution in [3.05, 3.63) is 34.6 Å². The standard InChI is InChI=1S/C16H25ClFNO/c1-6-19-14(15(20-5)16(2,3)4)9-11-7-8-12(18)10-13(11)17/h7-8,10,14-15,19H,6,9H2,1-5H3. The van der Waals surface area contributed by atoms with E-state index >= 15 is 0 Å². The summed E-state index contributed by atoms with van der Waals surface area (Å²) in [6.45, 7) is 9.36. The van der Waals surface area contributed by atoms with Crippen molar-refractivity contribution in [3.8, 4) is 0 Å². The van der Waals surface area contributed by atoms with Gasteiger partial charge in [0.1, 0.15) is 5.82 Å². The number of benzene rings is 1. The second kappa shape index (κ2) is 7.39. The van der Waals surface area contributed by atoms with Crippen LogP contribution in [-0.2, 0) is 11.2 Å². The molecule has 0 aliphatic heterocycles. The maximum Gasteiger partial charge on any atom is 0.124 e. The Hall–Kier alpha value is -0.640. The summed E-state index contributed by atoms with van der Waals surface area (Å²) < 4.78 is 18.8. The van der Waals surface area contributed by atoms with Gasteiger partial charge < -0.3 is 10.1 Å². The lowest BCUT2D eigenvalue weighted by Crippen LogP contribution is -2.49. The lowest BCUT2D eigenvalue weighted by atomic mass is 9.82. The molecule has 0 bridgehead atoms. The number of hydrogen-bond acceptors (Lipinski definition) is 2. The van der Waals surface area contributed by atoms with Gasteiger partial charge in [0.2, 0.25) is 0 Å². The van der Waals surface area contributed by atoms with Crippen LogP contribution in [-0.4, -0.2) is 25.8 Å².